The average molecular weight is 363 g/mol. The van der Waals surface area contributed by atoms with Gasteiger partial charge in [0, 0.05) is 30.3 Å². The Bertz CT molecular complexity index is 963. The summed E-state index contributed by atoms with van der Waals surface area (Å²) >= 11 is 0. The molecule has 27 heavy (non-hydrogen) atoms. The van der Waals surface area contributed by atoms with Gasteiger partial charge in [-0.25, -0.2) is 9.97 Å². The maximum Gasteiger partial charge on any atom is 0.254 e. The van der Waals surface area contributed by atoms with Crippen molar-refractivity contribution in [3.05, 3.63) is 76.6 Å². The van der Waals surface area contributed by atoms with Crippen molar-refractivity contribution >= 4 is 5.91 Å². The molecule has 0 radical (unpaired) electrons. The fraction of sp³-hybridized carbons (Fsp3) is 0.286. The highest BCUT2D eigenvalue weighted by Crippen LogP contribution is 2.22. The van der Waals surface area contributed by atoms with E-state index in [1.165, 1.54) is 0 Å². The van der Waals surface area contributed by atoms with E-state index in [2.05, 4.69) is 9.97 Å². The molecule has 6 nitrogen and oxygen atoms in total. The lowest BCUT2D eigenvalue weighted by atomic mass is 10.1. The molecule has 2 aromatic heterocycles. The van der Waals surface area contributed by atoms with Crippen molar-refractivity contribution in [2.24, 2.45) is 0 Å². The fourth-order valence-electron chi connectivity index (χ4n) is 3.10. The van der Waals surface area contributed by atoms with Gasteiger partial charge >= 0.3 is 0 Å². The molecule has 138 valence electrons. The number of pyridine rings is 1. The number of rotatable bonds is 4. The van der Waals surface area contributed by atoms with Gasteiger partial charge < -0.3 is 14.1 Å². The highest BCUT2D eigenvalue weighted by Gasteiger charge is 2.26. The van der Waals surface area contributed by atoms with Crippen LogP contribution in [-0.2, 0) is 19.6 Å². The van der Waals surface area contributed by atoms with E-state index in [1.807, 2.05) is 50.2 Å². The smallest absolute Gasteiger partial charge is 0.254 e. The summed E-state index contributed by atoms with van der Waals surface area (Å²) in [6.07, 6.45) is 0.680. The SMILES string of the molecule is Cc1ccc(C(=O)N2CCc3nc(COc4cccc(C)n4)oc3C2)cc1. The molecule has 0 bridgehead atoms. The number of benzene rings is 1. The summed E-state index contributed by atoms with van der Waals surface area (Å²) in [5, 5.41) is 0. The second-order valence-electron chi connectivity index (χ2n) is 6.73. The summed E-state index contributed by atoms with van der Waals surface area (Å²) in [6.45, 7) is 5.20. The van der Waals surface area contributed by atoms with E-state index in [0.29, 0.717) is 36.8 Å². The van der Waals surface area contributed by atoms with Crippen LogP contribution in [0, 0.1) is 13.8 Å². The van der Waals surface area contributed by atoms with Gasteiger partial charge in [-0.2, -0.15) is 0 Å². The zero-order chi connectivity index (χ0) is 18.8. The predicted octanol–water partition coefficient (Wildman–Crippen LogP) is 3.46. The van der Waals surface area contributed by atoms with Gasteiger partial charge in [-0.15, -0.1) is 0 Å². The van der Waals surface area contributed by atoms with Crippen LogP contribution in [0.5, 0.6) is 5.88 Å². The first-order valence-electron chi connectivity index (χ1n) is 8.98. The van der Waals surface area contributed by atoms with E-state index in [1.54, 1.807) is 11.0 Å². The van der Waals surface area contributed by atoms with Crippen molar-refractivity contribution in [2.45, 2.75) is 33.4 Å². The lowest BCUT2D eigenvalue weighted by molar-refractivity contribution is 0.0718. The maximum absolute atomic E-state index is 12.7. The lowest BCUT2D eigenvalue weighted by Gasteiger charge is -2.25. The minimum atomic E-state index is 0.0128. The van der Waals surface area contributed by atoms with Crippen LogP contribution >= 0.6 is 0 Å². The van der Waals surface area contributed by atoms with Crippen molar-refractivity contribution in [3.63, 3.8) is 0 Å². The van der Waals surface area contributed by atoms with Crippen molar-refractivity contribution in [1.82, 2.24) is 14.9 Å². The molecule has 3 heterocycles. The van der Waals surface area contributed by atoms with Crippen LogP contribution in [0.4, 0.5) is 0 Å². The van der Waals surface area contributed by atoms with E-state index in [9.17, 15) is 4.79 Å². The van der Waals surface area contributed by atoms with Crippen molar-refractivity contribution < 1.29 is 13.9 Å². The Hall–Kier alpha value is -3.15. The van der Waals surface area contributed by atoms with Gasteiger partial charge in [0.25, 0.3) is 5.91 Å². The van der Waals surface area contributed by atoms with Gasteiger partial charge in [0.15, 0.2) is 6.61 Å². The van der Waals surface area contributed by atoms with E-state index >= 15 is 0 Å². The van der Waals surface area contributed by atoms with Crippen LogP contribution in [0.2, 0.25) is 0 Å². The van der Waals surface area contributed by atoms with Gasteiger partial charge in [0.2, 0.25) is 11.8 Å². The van der Waals surface area contributed by atoms with Crippen LogP contribution < -0.4 is 4.74 Å². The number of amides is 1. The zero-order valence-corrected chi connectivity index (χ0v) is 15.4. The number of carbonyl (C=O) groups is 1. The molecule has 6 heteroatoms. The summed E-state index contributed by atoms with van der Waals surface area (Å²) in [5.41, 5.74) is 3.62. The van der Waals surface area contributed by atoms with Crippen LogP contribution in [-0.4, -0.2) is 27.3 Å². The largest absolute Gasteiger partial charge is 0.468 e. The Kier molecular flexibility index (Phi) is 4.62. The number of aryl methyl sites for hydroxylation is 2. The summed E-state index contributed by atoms with van der Waals surface area (Å²) in [4.78, 5) is 23.3. The number of hydrogen-bond donors (Lipinski definition) is 0. The molecular formula is C21H21N3O3. The molecule has 0 unspecified atom stereocenters. The van der Waals surface area contributed by atoms with Crippen molar-refractivity contribution in [3.8, 4) is 5.88 Å². The Labute approximate surface area is 157 Å². The minimum absolute atomic E-state index is 0.0128. The summed E-state index contributed by atoms with van der Waals surface area (Å²) < 4.78 is 11.5. The summed E-state index contributed by atoms with van der Waals surface area (Å²) in [6, 6.07) is 13.2. The third kappa shape index (κ3) is 3.84. The molecule has 0 atom stereocenters. The molecule has 4 rings (SSSR count). The van der Waals surface area contributed by atoms with Crippen molar-refractivity contribution in [2.75, 3.05) is 6.54 Å². The first-order valence-corrected chi connectivity index (χ1v) is 8.98. The topological polar surface area (TPSA) is 68.5 Å². The quantitative estimate of drug-likeness (QED) is 0.710. The molecule has 0 N–H and O–H groups in total. The number of fused-ring (bicyclic) bond motifs is 1. The molecule has 0 spiro atoms. The zero-order valence-electron chi connectivity index (χ0n) is 15.4. The third-order valence-electron chi connectivity index (χ3n) is 4.57. The number of ether oxygens (including phenoxy) is 1. The number of carbonyl (C=O) groups excluding carboxylic acids is 1. The van der Waals surface area contributed by atoms with Gasteiger partial charge in [-0.05, 0) is 32.0 Å². The molecule has 1 aliphatic rings. The Balaban J connectivity index is 1.42. The van der Waals surface area contributed by atoms with Gasteiger partial charge in [-0.3, -0.25) is 4.79 Å². The lowest BCUT2D eigenvalue weighted by Crippen LogP contribution is -2.35. The molecule has 1 aromatic carbocycles. The third-order valence-corrected chi connectivity index (χ3v) is 4.57. The molecule has 3 aromatic rings. The van der Waals surface area contributed by atoms with E-state index in [4.69, 9.17) is 9.15 Å². The minimum Gasteiger partial charge on any atom is -0.468 e. The highest BCUT2D eigenvalue weighted by molar-refractivity contribution is 5.94. The second kappa shape index (κ2) is 7.23. The van der Waals surface area contributed by atoms with Gasteiger partial charge in [-0.1, -0.05) is 23.8 Å². The Morgan fingerprint density at radius 3 is 2.74 bits per heavy atom. The van der Waals surface area contributed by atoms with Crippen molar-refractivity contribution in [1.29, 1.82) is 0 Å². The monoisotopic (exact) mass is 363 g/mol. The Morgan fingerprint density at radius 1 is 1.15 bits per heavy atom. The summed E-state index contributed by atoms with van der Waals surface area (Å²) in [5.74, 6) is 1.80. The molecule has 0 saturated heterocycles. The van der Waals surface area contributed by atoms with Gasteiger partial charge in [0.1, 0.15) is 5.76 Å². The van der Waals surface area contributed by atoms with Crippen LogP contribution in [0.25, 0.3) is 0 Å². The normalized spacial score (nSPS) is 13.3. The van der Waals surface area contributed by atoms with Crippen LogP contribution in [0.15, 0.2) is 46.9 Å². The number of nitrogens with zero attached hydrogens (tertiary/aromatic N) is 3. The number of aromatic nitrogens is 2. The van der Waals surface area contributed by atoms with Crippen LogP contribution in [0.3, 0.4) is 0 Å². The summed E-state index contributed by atoms with van der Waals surface area (Å²) in [7, 11) is 0. The first-order chi connectivity index (χ1) is 13.1. The number of hydrogen-bond acceptors (Lipinski definition) is 5. The van der Waals surface area contributed by atoms with E-state index in [-0.39, 0.29) is 12.5 Å². The fourth-order valence-corrected chi connectivity index (χ4v) is 3.10. The Morgan fingerprint density at radius 2 is 1.96 bits per heavy atom. The predicted molar refractivity (Wildman–Crippen MR) is 99.4 cm³/mol. The molecule has 0 aliphatic carbocycles. The molecule has 1 amide bonds. The van der Waals surface area contributed by atoms with Gasteiger partial charge in [0.05, 0.1) is 12.2 Å². The average Bonchev–Trinajstić information content (AvgIpc) is 3.08. The van der Waals surface area contributed by atoms with Crippen LogP contribution in [0.1, 0.15) is 39.0 Å². The standard InChI is InChI=1S/C21H21N3O3/c1-14-6-8-16(9-7-14)21(25)24-11-10-17-18(12-24)27-20(23-17)13-26-19-5-3-4-15(2)22-19/h3-9H,10-13H2,1-2H3. The highest BCUT2D eigenvalue weighted by atomic mass is 16.5. The molecular weight excluding hydrogens is 342 g/mol. The van der Waals surface area contributed by atoms with E-state index < -0.39 is 0 Å². The second-order valence-corrected chi connectivity index (χ2v) is 6.73. The maximum atomic E-state index is 12.7. The molecule has 0 fully saturated rings. The number of oxazole rings is 1. The molecule has 1 aliphatic heterocycles. The first kappa shape index (κ1) is 17.3. The molecule has 0 saturated carbocycles. The van der Waals surface area contributed by atoms with E-state index in [0.717, 1.165) is 22.7 Å².